The number of benzene rings is 3. The van der Waals surface area contributed by atoms with Crippen LogP contribution in [0.5, 0.6) is 0 Å². The van der Waals surface area contributed by atoms with E-state index in [0.717, 1.165) is 16.9 Å². The molecule has 0 N–H and O–H groups in total. The van der Waals surface area contributed by atoms with Gasteiger partial charge in [0.2, 0.25) is 0 Å². The Hall–Kier alpha value is -3.68. The van der Waals surface area contributed by atoms with Crippen LogP contribution in [0.4, 0.5) is 0 Å². The number of hydrogen-bond donors (Lipinski definition) is 0. The summed E-state index contributed by atoms with van der Waals surface area (Å²) in [7, 11) is -3.17. The van der Waals surface area contributed by atoms with E-state index in [1.807, 2.05) is 45.0 Å². The first kappa shape index (κ1) is 55.7. The number of hydrogen-bond acceptors (Lipinski definition) is 11. The molecule has 0 aliphatic heterocycles. The van der Waals surface area contributed by atoms with Crippen LogP contribution in [0.3, 0.4) is 0 Å². The smallest absolute Gasteiger partial charge is 0.324 e. The maximum Gasteiger partial charge on any atom is 0.324 e. The second-order valence-electron chi connectivity index (χ2n) is 12.2. The van der Waals surface area contributed by atoms with Crippen molar-refractivity contribution in [3.05, 3.63) is 106 Å². The van der Waals surface area contributed by atoms with Gasteiger partial charge in [-0.05, 0) is 43.9 Å². The largest absolute Gasteiger partial charge is 0.468 e. The standard InChI is InChI=1S/C14H20O4S.C11H14O4S.C11H14O2S.C4H10.2CH4/c1-4-5-13(14(15)18-3)19(16,17)10-12-8-6-11(2)7-9-12;1-9-3-5-10(6-4-9)7-16(13,14)8-11(12)15-2;1-9-3-5-10(6-4-9)7-14-8-11(12)13-2;1-3-4-2;;/h6-9,13H,4-5,10H2,1-3H3;3-6H,7-8H2,1-2H3;3-6H,7-8H2,1-2H3;3-4H2,1-2H3;2*1H4. The molecule has 0 spiro atoms. The summed E-state index contributed by atoms with van der Waals surface area (Å²) >= 11 is 1.57. The first-order chi connectivity index (χ1) is 25.0. The van der Waals surface area contributed by atoms with Crippen molar-refractivity contribution in [1.29, 1.82) is 0 Å². The van der Waals surface area contributed by atoms with E-state index in [0.29, 0.717) is 29.7 Å². The molecule has 1 atom stereocenters. The predicted octanol–water partition coefficient (Wildman–Crippen LogP) is 8.81. The van der Waals surface area contributed by atoms with E-state index in [1.165, 1.54) is 45.3 Å². The molecule has 3 aromatic rings. The fourth-order valence-corrected chi connectivity index (χ4v) is 8.01. The second-order valence-corrected chi connectivity index (χ2v) is 17.5. The normalized spacial score (nSPS) is 10.8. The summed E-state index contributed by atoms with van der Waals surface area (Å²) in [6, 6.07) is 22.7. The van der Waals surface area contributed by atoms with Crippen LogP contribution in [0.1, 0.15) is 94.7 Å². The third kappa shape index (κ3) is 25.9. The highest BCUT2D eigenvalue weighted by atomic mass is 32.2. The zero-order valence-electron chi connectivity index (χ0n) is 32.7. The molecule has 0 aliphatic carbocycles. The highest BCUT2D eigenvalue weighted by Crippen LogP contribution is 2.17. The minimum Gasteiger partial charge on any atom is -0.468 e. The van der Waals surface area contributed by atoms with Crippen molar-refractivity contribution in [2.75, 3.05) is 32.8 Å². The van der Waals surface area contributed by atoms with Crippen LogP contribution in [-0.4, -0.2) is 72.8 Å². The first-order valence-electron chi connectivity index (χ1n) is 17.3. The molecule has 3 rings (SSSR count). The van der Waals surface area contributed by atoms with Crippen molar-refractivity contribution in [3.8, 4) is 0 Å². The molecule has 0 bridgehead atoms. The average Bonchev–Trinajstić information content (AvgIpc) is 3.13. The number of ether oxygens (including phenoxy) is 3. The molecule has 0 heterocycles. The van der Waals surface area contributed by atoms with Crippen molar-refractivity contribution < 1.29 is 45.4 Å². The maximum atomic E-state index is 12.3. The van der Waals surface area contributed by atoms with Gasteiger partial charge in [-0.3, -0.25) is 14.4 Å². The highest BCUT2D eigenvalue weighted by Gasteiger charge is 2.32. The summed E-state index contributed by atoms with van der Waals surface area (Å²) in [4.78, 5) is 33.3. The van der Waals surface area contributed by atoms with Crippen LogP contribution in [0.2, 0.25) is 0 Å². The van der Waals surface area contributed by atoms with Crippen molar-refractivity contribution in [2.24, 2.45) is 0 Å². The molecule has 0 radical (unpaired) electrons. The number of methoxy groups -OCH3 is 3. The third-order valence-electron chi connectivity index (χ3n) is 7.35. The molecule has 55 heavy (non-hydrogen) atoms. The SMILES string of the molecule is C.C.CCCC.CCCC(C(=O)OC)S(=O)(=O)Cc1ccc(C)cc1.COC(=O)CS(=O)(=O)Cc1ccc(C)cc1.COC(=O)CSCc1ccc(C)cc1. The van der Waals surface area contributed by atoms with E-state index in [-0.39, 0.29) is 32.3 Å². The van der Waals surface area contributed by atoms with Gasteiger partial charge in [-0.25, -0.2) is 16.8 Å². The van der Waals surface area contributed by atoms with E-state index in [4.69, 9.17) is 0 Å². The minimum absolute atomic E-state index is 0. The summed E-state index contributed by atoms with van der Waals surface area (Å²) in [6.45, 7) is 12.1. The maximum absolute atomic E-state index is 12.3. The Morgan fingerprint density at radius 3 is 1.35 bits per heavy atom. The summed E-state index contributed by atoms with van der Waals surface area (Å²) in [6.07, 6.45) is 3.55. The Balaban J connectivity index is -0.000000696. The van der Waals surface area contributed by atoms with Gasteiger partial charge >= 0.3 is 17.9 Å². The van der Waals surface area contributed by atoms with Gasteiger partial charge in [0.1, 0.15) is 5.75 Å². The van der Waals surface area contributed by atoms with Crippen molar-refractivity contribution in [1.82, 2.24) is 0 Å². The van der Waals surface area contributed by atoms with Gasteiger partial charge in [-0.15, -0.1) is 11.8 Å². The minimum atomic E-state index is -3.54. The van der Waals surface area contributed by atoms with E-state index >= 15 is 0 Å². The average molecular weight is 827 g/mol. The lowest BCUT2D eigenvalue weighted by molar-refractivity contribution is -0.140. The molecule has 1 unspecified atom stereocenters. The number of esters is 3. The van der Waals surface area contributed by atoms with Crippen LogP contribution in [0, 0.1) is 20.8 Å². The van der Waals surface area contributed by atoms with Gasteiger partial charge in [0.05, 0.1) is 38.6 Å². The monoisotopic (exact) mass is 826 g/mol. The number of unbranched alkanes of at least 4 members (excludes halogenated alkanes) is 1. The summed E-state index contributed by atoms with van der Waals surface area (Å²) in [5.41, 5.74) is 6.00. The van der Waals surface area contributed by atoms with Gasteiger partial charge in [0, 0.05) is 5.75 Å². The molecule has 0 aromatic heterocycles. The van der Waals surface area contributed by atoms with Crippen LogP contribution in [0.25, 0.3) is 0 Å². The molecule has 0 saturated carbocycles. The van der Waals surface area contributed by atoms with Crippen LogP contribution in [-0.2, 0) is 65.5 Å². The molecule has 0 aliphatic rings. The van der Waals surface area contributed by atoms with Gasteiger partial charge in [0.25, 0.3) is 0 Å². The highest BCUT2D eigenvalue weighted by molar-refractivity contribution is 7.99. The van der Waals surface area contributed by atoms with E-state index in [9.17, 15) is 31.2 Å². The molecular formula is C42H66O10S3. The van der Waals surface area contributed by atoms with Crippen molar-refractivity contribution in [3.63, 3.8) is 0 Å². The van der Waals surface area contributed by atoms with Crippen LogP contribution < -0.4 is 0 Å². The Morgan fingerprint density at radius 2 is 0.982 bits per heavy atom. The number of rotatable bonds is 15. The van der Waals surface area contributed by atoms with Gasteiger partial charge < -0.3 is 14.2 Å². The quantitative estimate of drug-likeness (QED) is 0.107. The number of carbonyl (C=O) groups excluding carboxylic acids is 3. The molecular weight excluding hydrogens is 761 g/mol. The van der Waals surface area contributed by atoms with Gasteiger partial charge in [-0.2, -0.15) is 0 Å². The Labute approximate surface area is 337 Å². The summed E-state index contributed by atoms with van der Waals surface area (Å²) < 4.78 is 61.1. The Morgan fingerprint density at radius 1 is 0.582 bits per heavy atom. The lowest BCUT2D eigenvalue weighted by Crippen LogP contribution is -2.32. The molecule has 3 aromatic carbocycles. The molecule has 0 fully saturated rings. The molecule has 13 heteroatoms. The Bertz CT molecular complexity index is 1700. The lowest BCUT2D eigenvalue weighted by Gasteiger charge is -2.14. The summed E-state index contributed by atoms with van der Waals surface area (Å²) in [5, 5.41) is -1.07. The molecule has 0 saturated heterocycles. The molecule has 10 nitrogen and oxygen atoms in total. The Kier molecular flexibility index (Phi) is 30.9. The lowest BCUT2D eigenvalue weighted by atomic mass is 10.2. The van der Waals surface area contributed by atoms with Gasteiger partial charge in [0.15, 0.2) is 24.9 Å². The number of sulfone groups is 2. The van der Waals surface area contributed by atoms with Crippen molar-refractivity contribution in [2.45, 2.75) is 105 Å². The number of carbonyl (C=O) groups is 3. The topological polar surface area (TPSA) is 147 Å². The van der Waals surface area contributed by atoms with E-state index < -0.39 is 42.6 Å². The zero-order valence-corrected chi connectivity index (χ0v) is 35.1. The predicted molar refractivity (Wildman–Crippen MR) is 229 cm³/mol. The third-order valence-corrected chi connectivity index (χ3v) is 11.8. The van der Waals surface area contributed by atoms with Crippen LogP contribution in [0.15, 0.2) is 72.8 Å². The molecule has 312 valence electrons. The zero-order chi connectivity index (χ0) is 40.5. The number of aryl methyl sites for hydroxylation is 3. The van der Waals surface area contributed by atoms with Crippen LogP contribution >= 0.6 is 11.8 Å². The second kappa shape index (κ2) is 30.5. The fraction of sp³-hybridized carbons (Fsp3) is 0.500. The number of thioether (sulfide) groups is 1. The molecule has 0 amide bonds. The van der Waals surface area contributed by atoms with E-state index in [2.05, 4.69) is 59.2 Å². The first-order valence-corrected chi connectivity index (χ1v) is 22.0. The van der Waals surface area contributed by atoms with E-state index in [1.54, 1.807) is 36.0 Å². The summed E-state index contributed by atoms with van der Waals surface area (Å²) in [5.74, 6) is -1.13. The fourth-order valence-electron chi connectivity index (χ4n) is 4.08. The van der Waals surface area contributed by atoms with Crippen molar-refractivity contribution >= 4 is 49.3 Å². The van der Waals surface area contributed by atoms with Gasteiger partial charge in [-0.1, -0.05) is 144 Å².